The molecule has 84 valence electrons. The first-order valence-corrected chi connectivity index (χ1v) is 5.12. The normalized spacial score (nSPS) is 12.2. The SMILES string of the molecule is CCOC(C)CNc1ccnc(NC)n1. The number of rotatable bonds is 6. The molecule has 0 fully saturated rings. The van der Waals surface area contributed by atoms with Crippen molar-refractivity contribution >= 4 is 11.8 Å². The van der Waals surface area contributed by atoms with E-state index >= 15 is 0 Å². The van der Waals surface area contributed by atoms with E-state index in [1.165, 1.54) is 0 Å². The Kier molecular flexibility index (Phi) is 4.83. The van der Waals surface area contributed by atoms with Crippen LogP contribution in [0.25, 0.3) is 0 Å². The van der Waals surface area contributed by atoms with Crippen LogP contribution in [-0.4, -0.2) is 36.3 Å². The lowest BCUT2D eigenvalue weighted by atomic mass is 10.4. The second kappa shape index (κ2) is 6.19. The van der Waals surface area contributed by atoms with Gasteiger partial charge in [0, 0.05) is 26.4 Å². The second-order valence-electron chi connectivity index (χ2n) is 3.16. The summed E-state index contributed by atoms with van der Waals surface area (Å²) in [6.07, 6.45) is 1.90. The molecule has 0 aliphatic carbocycles. The molecule has 0 aliphatic rings. The van der Waals surface area contributed by atoms with Gasteiger partial charge in [-0.05, 0) is 19.9 Å². The number of nitrogens with zero attached hydrogens (tertiary/aromatic N) is 2. The lowest BCUT2D eigenvalue weighted by molar-refractivity contribution is 0.0855. The van der Waals surface area contributed by atoms with E-state index < -0.39 is 0 Å². The lowest BCUT2D eigenvalue weighted by Crippen LogP contribution is -2.20. The van der Waals surface area contributed by atoms with Crippen molar-refractivity contribution in [1.82, 2.24) is 9.97 Å². The van der Waals surface area contributed by atoms with Gasteiger partial charge in [-0.2, -0.15) is 4.98 Å². The molecule has 1 aromatic heterocycles. The molecule has 5 nitrogen and oxygen atoms in total. The Morgan fingerprint density at radius 1 is 1.53 bits per heavy atom. The van der Waals surface area contributed by atoms with Gasteiger partial charge < -0.3 is 15.4 Å². The zero-order valence-corrected chi connectivity index (χ0v) is 9.45. The van der Waals surface area contributed by atoms with Crippen LogP contribution < -0.4 is 10.6 Å². The molecule has 0 radical (unpaired) electrons. The lowest BCUT2D eigenvalue weighted by Gasteiger charge is -2.13. The Morgan fingerprint density at radius 2 is 2.33 bits per heavy atom. The first-order chi connectivity index (χ1) is 7.26. The van der Waals surface area contributed by atoms with Crippen molar-refractivity contribution in [3.05, 3.63) is 12.3 Å². The molecule has 0 bridgehead atoms. The van der Waals surface area contributed by atoms with Crippen molar-refractivity contribution in [1.29, 1.82) is 0 Å². The summed E-state index contributed by atoms with van der Waals surface area (Å²) >= 11 is 0. The van der Waals surface area contributed by atoms with Crippen molar-refractivity contribution in [2.24, 2.45) is 0 Å². The highest BCUT2D eigenvalue weighted by Gasteiger charge is 2.01. The molecular weight excluding hydrogens is 192 g/mol. The van der Waals surface area contributed by atoms with E-state index in [0.29, 0.717) is 5.95 Å². The van der Waals surface area contributed by atoms with Gasteiger partial charge in [0.15, 0.2) is 0 Å². The van der Waals surface area contributed by atoms with Gasteiger partial charge in [-0.1, -0.05) is 0 Å². The van der Waals surface area contributed by atoms with E-state index in [-0.39, 0.29) is 6.10 Å². The fraction of sp³-hybridized carbons (Fsp3) is 0.600. The van der Waals surface area contributed by atoms with Crippen LogP contribution in [-0.2, 0) is 4.74 Å². The number of anilines is 2. The monoisotopic (exact) mass is 210 g/mol. The molecular formula is C10H18N4O. The van der Waals surface area contributed by atoms with Gasteiger partial charge >= 0.3 is 0 Å². The van der Waals surface area contributed by atoms with Crippen molar-refractivity contribution in [3.63, 3.8) is 0 Å². The summed E-state index contributed by atoms with van der Waals surface area (Å²) < 4.78 is 5.40. The maximum absolute atomic E-state index is 5.40. The van der Waals surface area contributed by atoms with Gasteiger partial charge in [-0.25, -0.2) is 4.98 Å². The molecule has 1 atom stereocenters. The van der Waals surface area contributed by atoms with Crippen LogP contribution in [0.4, 0.5) is 11.8 Å². The Labute approximate surface area is 90.3 Å². The molecule has 1 heterocycles. The molecule has 0 aliphatic heterocycles. The van der Waals surface area contributed by atoms with E-state index in [9.17, 15) is 0 Å². The maximum atomic E-state index is 5.40. The van der Waals surface area contributed by atoms with Crippen LogP contribution in [0.2, 0.25) is 0 Å². The number of ether oxygens (including phenoxy) is 1. The van der Waals surface area contributed by atoms with E-state index in [4.69, 9.17) is 4.74 Å². The number of nitrogens with one attached hydrogen (secondary N) is 2. The van der Waals surface area contributed by atoms with Crippen LogP contribution in [0, 0.1) is 0 Å². The molecule has 1 unspecified atom stereocenters. The topological polar surface area (TPSA) is 59.1 Å². The Morgan fingerprint density at radius 3 is 3.00 bits per heavy atom. The van der Waals surface area contributed by atoms with E-state index in [1.807, 2.05) is 19.9 Å². The van der Waals surface area contributed by atoms with Crippen molar-refractivity contribution < 1.29 is 4.74 Å². The highest BCUT2D eigenvalue weighted by atomic mass is 16.5. The maximum Gasteiger partial charge on any atom is 0.224 e. The average molecular weight is 210 g/mol. The van der Waals surface area contributed by atoms with Crippen LogP contribution in [0.3, 0.4) is 0 Å². The quantitative estimate of drug-likeness (QED) is 0.742. The molecule has 0 spiro atoms. The second-order valence-corrected chi connectivity index (χ2v) is 3.16. The predicted octanol–water partition coefficient (Wildman–Crippen LogP) is 1.36. The average Bonchev–Trinajstić information content (AvgIpc) is 2.27. The zero-order valence-electron chi connectivity index (χ0n) is 9.45. The highest BCUT2D eigenvalue weighted by Crippen LogP contribution is 2.05. The van der Waals surface area contributed by atoms with Gasteiger partial charge in [0.2, 0.25) is 5.95 Å². The summed E-state index contributed by atoms with van der Waals surface area (Å²) in [6, 6.07) is 1.83. The van der Waals surface area contributed by atoms with E-state index in [0.717, 1.165) is 19.0 Å². The third kappa shape index (κ3) is 4.12. The van der Waals surface area contributed by atoms with Gasteiger partial charge in [-0.15, -0.1) is 0 Å². The molecule has 0 saturated carbocycles. The van der Waals surface area contributed by atoms with Crippen LogP contribution in [0.15, 0.2) is 12.3 Å². The molecule has 5 heteroatoms. The third-order valence-electron chi connectivity index (χ3n) is 1.90. The van der Waals surface area contributed by atoms with Crippen molar-refractivity contribution in [2.75, 3.05) is 30.8 Å². The van der Waals surface area contributed by atoms with E-state index in [2.05, 4.69) is 20.6 Å². The van der Waals surface area contributed by atoms with Gasteiger partial charge in [-0.3, -0.25) is 0 Å². The molecule has 15 heavy (non-hydrogen) atoms. The van der Waals surface area contributed by atoms with Crippen LogP contribution in [0.5, 0.6) is 0 Å². The fourth-order valence-electron chi connectivity index (χ4n) is 1.17. The molecule has 1 aromatic rings. The van der Waals surface area contributed by atoms with Gasteiger partial charge in [0.1, 0.15) is 5.82 Å². The summed E-state index contributed by atoms with van der Waals surface area (Å²) in [5.41, 5.74) is 0. The summed E-state index contributed by atoms with van der Waals surface area (Å²) in [5.74, 6) is 1.42. The van der Waals surface area contributed by atoms with Crippen LogP contribution in [0.1, 0.15) is 13.8 Å². The Bertz CT molecular complexity index is 293. The van der Waals surface area contributed by atoms with E-state index in [1.54, 1.807) is 13.2 Å². The van der Waals surface area contributed by atoms with Crippen molar-refractivity contribution in [3.8, 4) is 0 Å². The number of hydrogen-bond donors (Lipinski definition) is 2. The first-order valence-electron chi connectivity index (χ1n) is 5.12. The highest BCUT2D eigenvalue weighted by molar-refractivity contribution is 5.39. The van der Waals surface area contributed by atoms with Crippen LogP contribution >= 0.6 is 0 Å². The summed E-state index contributed by atoms with van der Waals surface area (Å²) in [5, 5.41) is 6.07. The molecule has 2 N–H and O–H groups in total. The zero-order chi connectivity index (χ0) is 11.1. The van der Waals surface area contributed by atoms with Gasteiger partial charge in [0.05, 0.1) is 6.10 Å². The molecule has 0 aromatic carbocycles. The first kappa shape index (κ1) is 11.7. The largest absolute Gasteiger partial charge is 0.377 e. The number of aromatic nitrogens is 2. The molecule has 0 amide bonds. The summed E-state index contributed by atoms with van der Waals surface area (Å²) in [6.45, 7) is 5.49. The number of hydrogen-bond acceptors (Lipinski definition) is 5. The predicted molar refractivity (Wildman–Crippen MR) is 61.2 cm³/mol. The minimum absolute atomic E-state index is 0.183. The molecule has 1 rings (SSSR count). The standard InChI is InChI=1S/C10H18N4O/c1-4-15-8(2)7-13-9-5-6-12-10(11-3)14-9/h5-6,8H,4,7H2,1-3H3,(H2,11,12,13,14). The van der Waals surface area contributed by atoms with Crippen molar-refractivity contribution in [2.45, 2.75) is 20.0 Å². The Balaban J connectivity index is 2.43. The summed E-state index contributed by atoms with van der Waals surface area (Å²) in [7, 11) is 1.79. The smallest absolute Gasteiger partial charge is 0.224 e. The summed E-state index contributed by atoms with van der Waals surface area (Å²) in [4.78, 5) is 8.26. The Hall–Kier alpha value is -1.36. The third-order valence-corrected chi connectivity index (χ3v) is 1.90. The minimum Gasteiger partial charge on any atom is -0.377 e. The van der Waals surface area contributed by atoms with Gasteiger partial charge in [0.25, 0.3) is 0 Å². The minimum atomic E-state index is 0.183. The molecule has 0 saturated heterocycles. The fourth-order valence-corrected chi connectivity index (χ4v) is 1.17.